The van der Waals surface area contributed by atoms with Gasteiger partial charge >= 0.3 is 5.69 Å². The summed E-state index contributed by atoms with van der Waals surface area (Å²) in [6.45, 7) is 6.45. The molecule has 0 aromatic carbocycles. The van der Waals surface area contributed by atoms with E-state index in [-0.39, 0.29) is 11.7 Å². The van der Waals surface area contributed by atoms with Crippen LogP contribution in [0.5, 0.6) is 0 Å². The van der Waals surface area contributed by atoms with Gasteiger partial charge in [0.1, 0.15) is 5.69 Å². The number of thioether (sulfide) groups is 1. The van der Waals surface area contributed by atoms with Crippen molar-refractivity contribution in [1.82, 2.24) is 9.97 Å². The molecule has 0 aliphatic rings. The fourth-order valence-electron chi connectivity index (χ4n) is 1.86. The van der Waals surface area contributed by atoms with Crippen molar-refractivity contribution in [1.29, 1.82) is 0 Å². The zero-order valence-electron chi connectivity index (χ0n) is 13.0. The van der Waals surface area contributed by atoms with Gasteiger partial charge in [0, 0.05) is 18.3 Å². The predicted molar refractivity (Wildman–Crippen MR) is 88.3 cm³/mol. The maximum Gasteiger partial charge on any atom is 0.332 e. The van der Waals surface area contributed by atoms with E-state index in [1.54, 1.807) is 18.7 Å². The molecule has 0 radical (unpaired) electrons. The Hall–Kier alpha value is -1.57. The molecule has 7 nitrogen and oxygen atoms in total. The first-order valence-corrected chi connectivity index (χ1v) is 8.45. The van der Waals surface area contributed by atoms with Gasteiger partial charge in [-0.05, 0) is 26.0 Å². The maximum atomic E-state index is 11.3. The zero-order valence-corrected chi connectivity index (χ0v) is 13.8. The summed E-state index contributed by atoms with van der Waals surface area (Å²) >= 11 is 1.70. The van der Waals surface area contributed by atoms with Crippen LogP contribution in [0, 0.1) is 17.0 Å². The van der Waals surface area contributed by atoms with Crippen molar-refractivity contribution in [2.45, 2.75) is 39.7 Å². The number of hydrogen-bond acceptors (Lipinski definition) is 7. The fourth-order valence-corrected chi connectivity index (χ4v) is 2.58. The minimum atomic E-state index is -0.424. The molecule has 0 saturated carbocycles. The SMILES string of the molecule is CCCNc1nc(C)c([N+](=O)[O-])c(NC(CC)CSC)n1. The van der Waals surface area contributed by atoms with Crippen LogP contribution >= 0.6 is 11.8 Å². The molecule has 0 aliphatic carbocycles. The molecule has 0 saturated heterocycles. The second-order valence-corrected chi connectivity index (χ2v) is 5.63. The first-order chi connectivity index (χ1) is 10.0. The van der Waals surface area contributed by atoms with Gasteiger partial charge in [-0.1, -0.05) is 13.8 Å². The minimum absolute atomic E-state index is 0.0448. The molecule has 0 fully saturated rings. The lowest BCUT2D eigenvalue weighted by Crippen LogP contribution is -2.23. The van der Waals surface area contributed by atoms with E-state index < -0.39 is 4.92 Å². The number of hydrogen-bond donors (Lipinski definition) is 2. The molecule has 0 bridgehead atoms. The van der Waals surface area contributed by atoms with Crippen molar-refractivity contribution in [3.63, 3.8) is 0 Å². The van der Waals surface area contributed by atoms with Gasteiger partial charge in [0.05, 0.1) is 4.92 Å². The zero-order chi connectivity index (χ0) is 15.8. The second-order valence-electron chi connectivity index (χ2n) is 4.72. The Labute approximate surface area is 129 Å². The highest BCUT2D eigenvalue weighted by atomic mass is 32.2. The molecule has 0 aliphatic heterocycles. The second kappa shape index (κ2) is 8.66. The van der Waals surface area contributed by atoms with Crippen molar-refractivity contribution in [3.05, 3.63) is 15.8 Å². The normalized spacial score (nSPS) is 12.0. The van der Waals surface area contributed by atoms with Gasteiger partial charge in [-0.15, -0.1) is 0 Å². The highest BCUT2D eigenvalue weighted by molar-refractivity contribution is 7.98. The number of anilines is 2. The Balaban J connectivity index is 3.11. The fraction of sp³-hybridized carbons (Fsp3) is 0.692. The van der Waals surface area contributed by atoms with E-state index in [0.29, 0.717) is 17.5 Å². The average molecular weight is 313 g/mol. The summed E-state index contributed by atoms with van der Waals surface area (Å²) in [4.78, 5) is 19.3. The molecule has 0 spiro atoms. The quantitative estimate of drug-likeness (QED) is 0.534. The van der Waals surface area contributed by atoms with E-state index in [2.05, 4.69) is 20.6 Å². The lowest BCUT2D eigenvalue weighted by atomic mass is 10.2. The summed E-state index contributed by atoms with van der Waals surface area (Å²) < 4.78 is 0. The summed E-state index contributed by atoms with van der Waals surface area (Å²) in [6, 6.07) is 0.145. The monoisotopic (exact) mass is 313 g/mol. The third kappa shape index (κ3) is 5.04. The number of nitro groups is 1. The maximum absolute atomic E-state index is 11.3. The summed E-state index contributed by atoms with van der Waals surface area (Å²) in [7, 11) is 0. The predicted octanol–water partition coefficient (Wildman–Crippen LogP) is 3.07. The number of aromatic nitrogens is 2. The van der Waals surface area contributed by atoms with Crippen LogP contribution in [-0.2, 0) is 0 Å². The van der Waals surface area contributed by atoms with Crippen LogP contribution < -0.4 is 10.6 Å². The first kappa shape index (κ1) is 17.5. The molecule has 2 N–H and O–H groups in total. The summed E-state index contributed by atoms with van der Waals surface area (Å²) in [5, 5.41) is 17.5. The van der Waals surface area contributed by atoms with Crippen LogP contribution in [0.25, 0.3) is 0 Å². The Morgan fingerprint density at radius 1 is 1.38 bits per heavy atom. The van der Waals surface area contributed by atoms with E-state index >= 15 is 0 Å². The summed E-state index contributed by atoms with van der Waals surface area (Å²) in [5.74, 6) is 1.60. The van der Waals surface area contributed by atoms with Crippen LogP contribution in [0.2, 0.25) is 0 Å². The van der Waals surface area contributed by atoms with Gasteiger partial charge in [0.15, 0.2) is 0 Å². The molecule has 1 unspecified atom stereocenters. The molecule has 1 aromatic rings. The molecular weight excluding hydrogens is 290 g/mol. The lowest BCUT2D eigenvalue weighted by Gasteiger charge is -2.17. The van der Waals surface area contributed by atoms with Crippen molar-refractivity contribution in [2.75, 3.05) is 29.2 Å². The molecular formula is C13H23N5O2S. The highest BCUT2D eigenvalue weighted by Gasteiger charge is 2.23. The molecule has 21 heavy (non-hydrogen) atoms. The lowest BCUT2D eigenvalue weighted by molar-refractivity contribution is -0.385. The van der Waals surface area contributed by atoms with Crippen LogP contribution in [0.15, 0.2) is 0 Å². The smallest absolute Gasteiger partial charge is 0.332 e. The Morgan fingerprint density at radius 3 is 2.62 bits per heavy atom. The summed E-state index contributed by atoms with van der Waals surface area (Å²) in [6.07, 6.45) is 3.82. The van der Waals surface area contributed by atoms with Gasteiger partial charge < -0.3 is 10.6 Å². The van der Waals surface area contributed by atoms with Crippen molar-refractivity contribution < 1.29 is 4.92 Å². The first-order valence-electron chi connectivity index (χ1n) is 7.05. The minimum Gasteiger partial charge on any atom is -0.361 e. The van der Waals surface area contributed by atoms with E-state index in [4.69, 9.17) is 0 Å². The van der Waals surface area contributed by atoms with Crippen LogP contribution in [-0.4, -0.2) is 39.5 Å². The van der Waals surface area contributed by atoms with Gasteiger partial charge in [-0.25, -0.2) is 4.98 Å². The molecule has 1 aromatic heterocycles. The van der Waals surface area contributed by atoms with Gasteiger partial charge in [-0.2, -0.15) is 16.7 Å². The Morgan fingerprint density at radius 2 is 2.10 bits per heavy atom. The highest BCUT2D eigenvalue weighted by Crippen LogP contribution is 2.27. The molecule has 8 heteroatoms. The van der Waals surface area contributed by atoms with Crippen LogP contribution in [0.4, 0.5) is 17.5 Å². The molecule has 1 rings (SSSR count). The molecule has 1 heterocycles. The third-order valence-corrected chi connectivity index (χ3v) is 3.71. The molecule has 1 atom stereocenters. The Kier molecular flexibility index (Phi) is 7.21. The van der Waals surface area contributed by atoms with Crippen LogP contribution in [0.1, 0.15) is 32.4 Å². The number of aryl methyl sites for hydroxylation is 1. The number of nitrogens with one attached hydrogen (secondary N) is 2. The van der Waals surface area contributed by atoms with Crippen molar-refractivity contribution >= 4 is 29.2 Å². The topological polar surface area (TPSA) is 93.0 Å². The van der Waals surface area contributed by atoms with E-state index in [1.807, 2.05) is 20.1 Å². The Bertz CT molecular complexity index is 484. The van der Waals surface area contributed by atoms with E-state index in [0.717, 1.165) is 25.1 Å². The standard InChI is InChI=1S/C13H23N5O2S/c1-5-7-14-13-15-9(3)11(18(19)20)12(17-13)16-10(6-2)8-21-4/h10H,5-8H2,1-4H3,(H2,14,15,16,17). The van der Waals surface area contributed by atoms with Crippen molar-refractivity contribution in [3.8, 4) is 0 Å². The molecule has 0 amide bonds. The molecule has 118 valence electrons. The third-order valence-electron chi connectivity index (χ3n) is 2.98. The van der Waals surface area contributed by atoms with Gasteiger partial charge in [-0.3, -0.25) is 10.1 Å². The average Bonchev–Trinajstić information content (AvgIpc) is 2.43. The van der Waals surface area contributed by atoms with Crippen LogP contribution in [0.3, 0.4) is 0 Å². The van der Waals surface area contributed by atoms with E-state index in [9.17, 15) is 10.1 Å². The van der Waals surface area contributed by atoms with E-state index in [1.165, 1.54) is 0 Å². The van der Waals surface area contributed by atoms with Gasteiger partial charge in [0.2, 0.25) is 11.8 Å². The van der Waals surface area contributed by atoms with Crippen molar-refractivity contribution in [2.24, 2.45) is 0 Å². The number of rotatable bonds is 9. The largest absolute Gasteiger partial charge is 0.361 e. The number of nitrogens with zero attached hydrogens (tertiary/aromatic N) is 3. The van der Waals surface area contributed by atoms with Gasteiger partial charge in [0.25, 0.3) is 0 Å². The summed E-state index contributed by atoms with van der Waals surface area (Å²) in [5.41, 5.74) is 0.326.